The monoisotopic (exact) mass is 514 g/mol. The number of nitro groups is 1. The molecule has 5 rings (SSSR count). The molecule has 37 heavy (non-hydrogen) atoms. The molecule has 0 aliphatic carbocycles. The van der Waals surface area contributed by atoms with Crippen LogP contribution in [0.5, 0.6) is 5.75 Å². The van der Waals surface area contributed by atoms with Gasteiger partial charge in [-0.3, -0.25) is 20.1 Å². The number of hydrogen-bond donors (Lipinski definition) is 1. The van der Waals surface area contributed by atoms with Gasteiger partial charge in [0.1, 0.15) is 11.4 Å². The van der Waals surface area contributed by atoms with Gasteiger partial charge in [-0.15, -0.1) is 0 Å². The predicted octanol–water partition coefficient (Wildman–Crippen LogP) is 4.97. The van der Waals surface area contributed by atoms with Crippen LogP contribution in [0.1, 0.15) is 40.3 Å². The van der Waals surface area contributed by atoms with Gasteiger partial charge in [-0.25, -0.2) is 0 Å². The summed E-state index contributed by atoms with van der Waals surface area (Å²) in [6, 6.07) is 16.3. The van der Waals surface area contributed by atoms with Crippen molar-refractivity contribution in [1.29, 1.82) is 0 Å². The first-order valence-corrected chi connectivity index (χ1v) is 12.2. The van der Waals surface area contributed by atoms with Crippen LogP contribution < -0.4 is 10.1 Å². The number of pyridine rings is 2. The SMILES string of the molecule is COc1ccc(-n2c(C)cc([C@@H]3[C@H](c4ccccn4)NC(=S)N3Cc3cccnc3)c2C)c([N+](=O)[O-])c1. The summed E-state index contributed by atoms with van der Waals surface area (Å²) in [5, 5.41) is 16.1. The maximum atomic E-state index is 12.0. The Morgan fingerprint density at radius 3 is 2.65 bits per heavy atom. The van der Waals surface area contributed by atoms with Gasteiger partial charge in [-0.1, -0.05) is 12.1 Å². The molecule has 0 saturated carbocycles. The zero-order valence-electron chi connectivity index (χ0n) is 20.7. The van der Waals surface area contributed by atoms with Crippen LogP contribution in [0, 0.1) is 24.0 Å². The lowest BCUT2D eigenvalue weighted by molar-refractivity contribution is -0.384. The molecule has 1 N–H and O–H groups in total. The maximum absolute atomic E-state index is 12.0. The molecule has 188 valence electrons. The maximum Gasteiger partial charge on any atom is 0.296 e. The summed E-state index contributed by atoms with van der Waals surface area (Å²) in [5.41, 5.74) is 5.12. The minimum absolute atomic E-state index is 0.0266. The summed E-state index contributed by atoms with van der Waals surface area (Å²) >= 11 is 5.81. The number of nitrogens with one attached hydrogen (secondary N) is 1. The summed E-state index contributed by atoms with van der Waals surface area (Å²) in [6.07, 6.45) is 5.34. The summed E-state index contributed by atoms with van der Waals surface area (Å²) in [7, 11) is 1.49. The molecule has 4 aromatic rings. The van der Waals surface area contributed by atoms with Gasteiger partial charge in [0, 0.05) is 36.5 Å². The zero-order valence-corrected chi connectivity index (χ0v) is 21.5. The van der Waals surface area contributed by atoms with E-state index in [4.69, 9.17) is 17.0 Å². The molecule has 0 radical (unpaired) electrons. The highest BCUT2D eigenvalue weighted by Crippen LogP contribution is 2.43. The summed E-state index contributed by atoms with van der Waals surface area (Å²) in [5.74, 6) is 0.432. The molecule has 2 atom stereocenters. The lowest BCUT2D eigenvalue weighted by Gasteiger charge is -2.28. The van der Waals surface area contributed by atoms with Crippen molar-refractivity contribution >= 4 is 23.0 Å². The Bertz CT molecular complexity index is 1460. The number of nitrogens with zero attached hydrogens (tertiary/aromatic N) is 5. The fraction of sp³-hybridized carbons (Fsp3) is 0.222. The number of thiocarbonyl (C=S) groups is 1. The quantitative estimate of drug-likeness (QED) is 0.210. The van der Waals surface area contributed by atoms with Crippen molar-refractivity contribution in [1.82, 2.24) is 24.8 Å². The normalized spacial score (nSPS) is 17.1. The molecular weight excluding hydrogens is 488 g/mol. The third kappa shape index (κ3) is 4.51. The van der Waals surface area contributed by atoms with Crippen molar-refractivity contribution in [3.8, 4) is 11.4 Å². The topological polar surface area (TPSA) is 98.3 Å². The molecule has 0 bridgehead atoms. The lowest BCUT2D eigenvalue weighted by atomic mass is 9.96. The van der Waals surface area contributed by atoms with Gasteiger partial charge in [-0.2, -0.15) is 0 Å². The number of aromatic nitrogens is 3. The fourth-order valence-corrected chi connectivity index (χ4v) is 5.33. The summed E-state index contributed by atoms with van der Waals surface area (Å²) in [6.45, 7) is 4.49. The van der Waals surface area contributed by atoms with E-state index < -0.39 is 0 Å². The van der Waals surface area contributed by atoms with Crippen molar-refractivity contribution < 1.29 is 9.66 Å². The Kier molecular flexibility index (Phi) is 6.58. The second-order valence-electron chi connectivity index (χ2n) is 8.89. The van der Waals surface area contributed by atoms with E-state index in [1.807, 2.05) is 54.9 Å². The molecule has 9 nitrogen and oxygen atoms in total. The van der Waals surface area contributed by atoms with Crippen LogP contribution in [-0.4, -0.2) is 36.6 Å². The van der Waals surface area contributed by atoms with Crippen LogP contribution in [0.2, 0.25) is 0 Å². The van der Waals surface area contributed by atoms with Crippen LogP contribution in [0.15, 0.2) is 73.2 Å². The third-order valence-corrected chi connectivity index (χ3v) is 7.03. The zero-order chi connectivity index (χ0) is 26.1. The molecule has 1 saturated heterocycles. The number of benzene rings is 1. The molecule has 1 aromatic carbocycles. The van der Waals surface area contributed by atoms with E-state index >= 15 is 0 Å². The molecule has 1 aliphatic heterocycles. The first kappa shape index (κ1) is 24.4. The molecular formula is C27H26N6O3S. The largest absolute Gasteiger partial charge is 0.496 e. The molecule has 1 aliphatic rings. The van der Waals surface area contributed by atoms with Gasteiger partial charge < -0.3 is 19.5 Å². The first-order valence-electron chi connectivity index (χ1n) is 11.8. The Hall–Kier alpha value is -4.31. The number of nitro benzene ring substituents is 1. The van der Waals surface area contributed by atoms with E-state index in [1.165, 1.54) is 13.2 Å². The molecule has 0 amide bonds. The molecule has 3 aromatic heterocycles. The van der Waals surface area contributed by atoms with Gasteiger partial charge in [0.15, 0.2) is 5.11 Å². The van der Waals surface area contributed by atoms with Crippen LogP contribution >= 0.6 is 12.2 Å². The molecule has 1 fully saturated rings. The highest BCUT2D eigenvalue weighted by Gasteiger charge is 2.41. The van der Waals surface area contributed by atoms with E-state index in [2.05, 4.69) is 26.3 Å². The predicted molar refractivity (Wildman–Crippen MR) is 144 cm³/mol. The van der Waals surface area contributed by atoms with Gasteiger partial charge in [0.25, 0.3) is 5.69 Å². The van der Waals surface area contributed by atoms with Gasteiger partial charge in [0.2, 0.25) is 0 Å². The average molecular weight is 515 g/mol. The van der Waals surface area contributed by atoms with Crippen LogP contribution in [0.3, 0.4) is 0 Å². The number of ether oxygens (including phenoxy) is 1. The third-order valence-electron chi connectivity index (χ3n) is 6.68. The molecule has 0 unspecified atom stereocenters. The van der Waals surface area contributed by atoms with Crippen molar-refractivity contribution in [2.24, 2.45) is 0 Å². The van der Waals surface area contributed by atoms with Crippen molar-refractivity contribution in [3.63, 3.8) is 0 Å². The first-order chi connectivity index (χ1) is 17.9. The van der Waals surface area contributed by atoms with Crippen LogP contribution in [-0.2, 0) is 6.54 Å². The summed E-state index contributed by atoms with van der Waals surface area (Å²) in [4.78, 5) is 22.6. The van der Waals surface area contributed by atoms with Gasteiger partial charge in [-0.05, 0) is 73.6 Å². The Labute approximate surface area is 219 Å². The Morgan fingerprint density at radius 2 is 1.97 bits per heavy atom. The van der Waals surface area contributed by atoms with E-state index in [0.29, 0.717) is 23.1 Å². The average Bonchev–Trinajstić information content (AvgIpc) is 3.39. The number of methoxy groups -OCH3 is 1. The number of hydrogen-bond acceptors (Lipinski definition) is 6. The Morgan fingerprint density at radius 1 is 1.14 bits per heavy atom. The van der Waals surface area contributed by atoms with Crippen LogP contribution in [0.25, 0.3) is 5.69 Å². The van der Waals surface area contributed by atoms with Crippen molar-refractivity contribution in [2.75, 3.05) is 7.11 Å². The van der Waals surface area contributed by atoms with E-state index in [9.17, 15) is 10.1 Å². The highest BCUT2D eigenvalue weighted by molar-refractivity contribution is 7.80. The van der Waals surface area contributed by atoms with E-state index in [-0.39, 0.29) is 22.7 Å². The van der Waals surface area contributed by atoms with Crippen molar-refractivity contribution in [3.05, 3.63) is 112 Å². The standard InChI is InChI=1S/C27H26N6O3S/c1-17-13-21(18(2)32(17)23-10-9-20(36-3)14-24(23)33(34)35)26-25(22-8-4-5-12-29-22)30-27(37)31(26)16-19-7-6-11-28-15-19/h4-15,25-26H,16H2,1-3H3,(H,30,37)/t25-,26+/m0/s1. The second kappa shape index (κ2) is 9.98. The summed E-state index contributed by atoms with van der Waals surface area (Å²) < 4.78 is 7.16. The highest BCUT2D eigenvalue weighted by atomic mass is 32.1. The van der Waals surface area contributed by atoms with Crippen molar-refractivity contribution in [2.45, 2.75) is 32.5 Å². The number of aryl methyl sites for hydroxylation is 1. The molecule has 4 heterocycles. The minimum atomic E-state index is -0.381. The van der Waals surface area contributed by atoms with E-state index in [1.54, 1.807) is 24.5 Å². The van der Waals surface area contributed by atoms with Gasteiger partial charge in [0.05, 0.1) is 35.9 Å². The van der Waals surface area contributed by atoms with Gasteiger partial charge >= 0.3 is 0 Å². The molecule has 10 heteroatoms. The molecule has 0 spiro atoms. The second-order valence-corrected chi connectivity index (χ2v) is 9.28. The van der Waals surface area contributed by atoms with Crippen LogP contribution in [0.4, 0.5) is 5.69 Å². The lowest BCUT2D eigenvalue weighted by Crippen LogP contribution is -2.29. The van der Waals surface area contributed by atoms with E-state index in [0.717, 1.165) is 28.2 Å². The smallest absolute Gasteiger partial charge is 0.296 e. The minimum Gasteiger partial charge on any atom is -0.496 e. The number of rotatable bonds is 7. The Balaban J connectivity index is 1.65. The fourth-order valence-electron chi connectivity index (χ4n) is 5.03.